The van der Waals surface area contributed by atoms with Gasteiger partial charge in [0, 0.05) is 12.5 Å². The van der Waals surface area contributed by atoms with E-state index in [1.807, 2.05) is 0 Å². The fourth-order valence-corrected chi connectivity index (χ4v) is 1.95. The van der Waals surface area contributed by atoms with Gasteiger partial charge < -0.3 is 14.8 Å². The first-order chi connectivity index (χ1) is 6.45. The highest BCUT2D eigenvalue weighted by molar-refractivity contribution is 4.70. The van der Waals surface area contributed by atoms with Gasteiger partial charge in [-0.25, -0.2) is 0 Å². The first kappa shape index (κ1) is 9.44. The van der Waals surface area contributed by atoms with Crippen LogP contribution >= 0.6 is 0 Å². The largest absolute Gasteiger partial charge is 0.381 e. The predicted molar refractivity (Wildman–Crippen MR) is 50.8 cm³/mol. The van der Waals surface area contributed by atoms with E-state index in [9.17, 15) is 0 Å². The summed E-state index contributed by atoms with van der Waals surface area (Å²) in [6, 6.07) is 0. The molecule has 0 bridgehead atoms. The van der Waals surface area contributed by atoms with Crippen LogP contribution in [0.15, 0.2) is 0 Å². The van der Waals surface area contributed by atoms with Crippen LogP contribution in [0.3, 0.4) is 0 Å². The summed E-state index contributed by atoms with van der Waals surface area (Å²) >= 11 is 0. The Morgan fingerprint density at radius 1 is 1.23 bits per heavy atom. The molecule has 2 saturated heterocycles. The van der Waals surface area contributed by atoms with Crippen LogP contribution in [0.25, 0.3) is 0 Å². The Morgan fingerprint density at radius 3 is 2.77 bits per heavy atom. The summed E-state index contributed by atoms with van der Waals surface area (Å²) in [6.45, 7) is 4.98. The number of hydrogen-bond donors (Lipinski definition) is 1. The van der Waals surface area contributed by atoms with Crippen LogP contribution in [0.4, 0.5) is 0 Å². The zero-order chi connectivity index (χ0) is 8.93. The van der Waals surface area contributed by atoms with Gasteiger partial charge in [-0.05, 0) is 32.4 Å². The second-order valence-electron chi connectivity index (χ2n) is 4.01. The van der Waals surface area contributed by atoms with Gasteiger partial charge in [0.1, 0.15) is 0 Å². The molecule has 2 aliphatic heterocycles. The smallest absolute Gasteiger partial charge is 0.0599 e. The van der Waals surface area contributed by atoms with Crippen molar-refractivity contribution in [2.75, 3.05) is 32.9 Å². The molecule has 1 N–H and O–H groups in total. The quantitative estimate of drug-likeness (QED) is 0.705. The van der Waals surface area contributed by atoms with E-state index in [1.165, 1.54) is 19.3 Å². The van der Waals surface area contributed by atoms with E-state index in [-0.39, 0.29) is 0 Å². The molecule has 2 rings (SSSR count). The van der Waals surface area contributed by atoms with Crippen LogP contribution < -0.4 is 5.32 Å². The van der Waals surface area contributed by atoms with Crippen LogP contribution in [-0.4, -0.2) is 39.0 Å². The van der Waals surface area contributed by atoms with Crippen molar-refractivity contribution in [2.45, 2.75) is 25.4 Å². The fourth-order valence-electron chi connectivity index (χ4n) is 1.95. The van der Waals surface area contributed by atoms with Crippen LogP contribution in [0, 0.1) is 5.92 Å². The molecule has 2 fully saturated rings. The SMILES string of the molecule is C1CC(OC[C@H]2CCOC2)CCN1. The van der Waals surface area contributed by atoms with Crippen LogP contribution in [0.5, 0.6) is 0 Å². The standard InChI is InChI=1S/C10H19NO2/c1-4-11-5-2-10(1)13-8-9-3-6-12-7-9/h9-11H,1-8H2/t9-/m0/s1. The molecule has 0 amide bonds. The molecular formula is C10H19NO2. The highest BCUT2D eigenvalue weighted by atomic mass is 16.5. The molecule has 13 heavy (non-hydrogen) atoms. The van der Waals surface area contributed by atoms with Crippen molar-refractivity contribution in [1.82, 2.24) is 5.32 Å². The lowest BCUT2D eigenvalue weighted by Crippen LogP contribution is -2.33. The van der Waals surface area contributed by atoms with Crippen molar-refractivity contribution in [3.63, 3.8) is 0 Å². The monoisotopic (exact) mass is 185 g/mol. The molecule has 3 nitrogen and oxygen atoms in total. The molecule has 1 atom stereocenters. The van der Waals surface area contributed by atoms with E-state index in [4.69, 9.17) is 9.47 Å². The molecule has 0 spiro atoms. The number of nitrogens with one attached hydrogen (secondary N) is 1. The lowest BCUT2D eigenvalue weighted by Gasteiger charge is -2.24. The average molecular weight is 185 g/mol. The van der Waals surface area contributed by atoms with E-state index in [0.717, 1.165) is 32.9 Å². The molecule has 0 aromatic rings. The number of hydrogen-bond acceptors (Lipinski definition) is 3. The lowest BCUT2D eigenvalue weighted by molar-refractivity contribution is 0.00984. The number of piperidine rings is 1. The van der Waals surface area contributed by atoms with E-state index < -0.39 is 0 Å². The van der Waals surface area contributed by atoms with Crippen molar-refractivity contribution < 1.29 is 9.47 Å². The zero-order valence-electron chi connectivity index (χ0n) is 8.13. The molecule has 3 heteroatoms. The van der Waals surface area contributed by atoms with Gasteiger partial charge in [-0.3, -0.25) is 0 Å². The van der Waals surface area contributed by atoms with Gasteiger partial charge in [0.2, 0.25) is 0 Å². The minimum absolute atomic E-state index is 0.502. The predicted octanol–water partition coefficient (Wildman–Crippen LogP) is 0.791. The van der Waals surface area contributed by atoms with Crippen molar-refractivity contribution in [3.8, 4) is 0 Å². The lowest BCUT2D eigenvalue weighted by atomic mass is 10.1. The third kappa shape index (κ3) is 2.93. The van der Waals surface area contributed by atoms with Crippen LogP contribution in [0.1, 0.15) is 19.3 Å². The van der Waals surface area contributed by atoms with Crippen molar-refractivity contribution in [3.05, 3.63) is 0 Å². The molecular weight excluding hydrogens is 166 g/mol. The Balaban J connectivity index is 1.60. The molecule has 0 radical (unpaired) electrons. The molecule has 0 unspecified atom stereocenters. The minimum atomic E-state index is 0.502. The summed E-state index contributed by atoms with van der Waals surface area (Å²) in [6.07, 6.45) is 4.04. The molecule has 2 heterocycles. The van der Waals surface area contributed by atoms with E-state index in [0.29, 0.717) is 12.0 Å². The maximum absolute atomic E-state index is 5.85. The maximum Gasteiger partial charge on any atom is 0.0599 e. The normalized spacial score (nSPS) is 30.9. The average Bonchev–Trinajstić information content (AvgIpc) is 2.69. The van der Waals surface area contributed by atoms with Gasteiger partial charge in [-0.2, -0.15) is 0 Å². The molecule has 0 aliphatic carbocycles. The van der Waals surface area contributed by atoms with Crippen LogP contribution in [0.2, 0.25) is 0 Å². The first-order valence-corrected chi connectivity index (χ1v) is 5.35. The second-order valence-corrected chi connectivity index (χ2v) is 4.01. The maximum atomic E-state index is 5.85. The number of ether oxygens (including phenoxy) is 2. The first-order valence-electron chi connectivity index (χ1n) is 5.35. The summed E-state index contributed by atoms with van der Waals surface area (Å²) < 4.78 is 11.2. The Bertz CT molecular complexity index is 140. The van der Waals surface area contributed by atoms with Gasteiger partial charge in [-0.1, -0.05) is 0 Å². The Morgan fingerprint density at radius 2 is 2.08 bits per heavy atom. The topological polar surface area (TPSA) is 30.5 Å². The zero-order valence-corrected chi connectivity index (χ0v) is 8.13. The van der Waals surface area contributed by atoms with E-state index in [1.54, 1.807) is 0 Å². The Hall–Kier alpha value is -0.120. The van der Waals surface area contributed by atoms with E-state index >= 15 is 0 Å². The van der Waals surface area contributed by atoms with Crippen molar-refractivity contribution >= 4 is 0 Å². The van der Waals surface area contributed by atoms with Gasteiger partial charge in [-0.15, -0.1) is 0 Å². The molecule has 76 valence electrons. The third-order valence-corrected chi connectivity index (χ3v) is 2.88. The van der Waals surface area contributed by atoms with E-state index in [2.05, 4.69) is 5.32 Å². The summed E-state index contributed by atoms with van der Waals surface area (Å²) in [5.41, 5.74) is 0. The van der Waals surface area contributed by atoms with Crippen LogP contribution in [-0.2, 0) is 9.47 Å². The molecule has 0 aromatic heterocycles. The summed E-state index contributed by atoms with van der Waals surface area (Å²) in [5.74, 6) is 0.662. The summed E-state index contributed by atoms with van der Waals surface area (Å²) in [7, 11) is 0. The van der Waals surface area contributed by atoms with Crippen molar-refractivity contribution in [2.24, 2.45) is 5.92 Å². The van der Waals surface area contributed by atoms with Gasteiger partial charge in [0.15, 0.2) is 0 Å². The molecule has 2 aliphatic rings. The summed E-state index contributed by atoms with van der Waals surface area (Å²) in [5, 5.41) is 3.34. The van der Waals surface area contributed by atoms with Gasteiger partial charge in [0.25, 0.3) is 0 Å². The molecule has 0 saturated carbocycles. The highest BCUT2D eigenvalue weighted by Crippen LogP contribution is 2.15. The minimum Gasteiger partial charge on any atom is -0.381 e. The Labute approximate surface area is 79.8 Å². The Kier molecular flexibility index (Phi) is 3.58. The van der Waals surface area contributed by atoms with Gasteiger partial charge >= 0.3 is 0 Å². The summed E-state index contributed by atoms with van der Waals surface area (Å²) in [4.78, 5) is 0. The van der Waals surface area contributed by atoms with Crippen molar-refractivity contribution in [1.29, 1.82) is 0 Å². The van der Waals surface area contributed by atoms with Gasteiger partial charge in [0.05, 0.1) is 19.3 Å². The third-order valence-electron chi connectivity index (χ3n) is 2.88. The molecule has 0 aromatic carbocycles. The second kappa shape index (κ2) is 4.94. The fraction of sp³-hybridized carbons (Fsp3) is 1.00. The number of rotatable bonds is 3. The highest BCUT2D eigenvalue weighted by Gasteiger charge is 2.19.